The summed E-state index contributed by atoms with van der Waals surface area (Å²) in [4.78, 5) is 14.9. The van der Waals surface area contributed by atoms with E-state index < -0.39 is 11.7 Å². The minimum Gasteiger partial charge on any atom is -0.290 e. The molecule has 0 atom stereocenters. The lowest BCUT2D eigenvalue weighted by atomic mass is 10.5. The summed E-state index contributed by atoms with van der Waals surface area (Å²) in [5.41, 5.74) is 0.454. The molecule has 0 spiro atoms. The second kappa shape index (κ2) is 3.49. The summed E-state index contributed by atoms with van der Waals surface area (Å²) in [7, 11) is 0. The van der Waals surface area contributed by atoms with Crippen LogP contribution < -0.4 is 5.32 Å². The summed E-state index contributed by atoms with van der Waals surface area (Å²) in [6, 6.07) is 2.73. The summed E-state index contributed by atoms with van der Waals surface area (Å²) >= 11 is 0. The third kappa shape index (κ3) is 1.83. The van der Waals surface area contributed by atoms with Crippen molar-refractivity contribution in [1.82, 2.24) is 14.6 Å². The molecule has 0 aliphatic rings. The number of aromatic nitrogens is 3. The van der Waals surface area contributed by atoms with Gasteiger partial charge in [0.1, 0.15) is 5.82 Å². The molecule has 0 unspecified atom stereocenters. The summed E-state index contributed by atoms with van der Waals surface area (Å²) in [6.07, 6.45) is 2.28. The lowest BCUT2D eigenvalue weighted by Gasteiger charge is -1.91. The Hall–Kier alpha value is -2.24. The molecule has 0 bridgehead atoms. The lowest BCUT2D eigenvalue weighted by Crippen LogP contribution is -2.08. The highest BCUT2D eigenvalue weighted by molar-refractivity contribution is 5.97. The number of hydrogen-bond donors (Lipinski definition) is 1. The zero-order chi connectivity index (χ0) is 10.8. The maximum absolute atomic E-state index is 12.8. The van der Waals surface area contributed by atoms with Crippen molar-refractivity contribution in [3.05, 3.63) is 36.8 Å². The van der Waals surface area contributed by atoms with Crippen molar-refractivity contribution in [3.63, 3.8) is 0 Å². The number of halogens is 1. The molecule has 0 radical (unpaired) electrons. The fourth-order valence-corrected chi connectivity index (χ4v) is 1.07. The number of amides is 1. The molecule has 15 heavy (non-hydrogen) atoms. The van der Waals surface area contributed by atoms with Crippen LogP contribution in [0.25, 0.3) is 5.65 Å². The molecule has 2 heterocycles. The Bertz CT molecular complexity index is 534. The van der Waals surface area contributed by atoms with Crippen molar-refractivity contribution in [2.75, 3.05) is 5.32 Å². The standard InChI is InChI=1S/C9H7FN4O/c1-2-8(15)12-9-11-7-4-3-6(10)5-14(7)13-9/h2-5H,1H2,(H,12,13,15). The van der Waals surface area contributed by atoms with E-state index in [0.29, 0.717) is 5.65 Å². The van der Waals surface area contributed by atoms with Crippen molar-refractivity contribution in [2.24, 2.45) is 0 Å². The predicted molar refractivity (Wildman–Crippen MR) is 51.8 cm³/mol. The third-order valence-corrected chi connectivity index (χ3v) is 1.72. The SMILES string of the molecule is C=CC(=O)Nc1nc2ccc(F)cn2n1. The zero-order valence-electron chi connectivity index (χ0n) is 7.64. The molecule has 0 saturated heterocycles. The smallest absolute Gasteiger partial charge is 0.250 e. The first-order valence-corrected chi connectivity index (χ1v) is 4.14. The van der Waals surface area contributed by atoms with Gasteiger partial charge in [0, 0.05) is 0 Å². The zero-order valence-corrected chi connectivity index (χ0v) is 7.64. The average Bonchev–Trinajstić information content (AvgIpc) is 2.59. The van der Waals surface area contributed by atoms with E-state index in [-0.39, 0.29) is 5.95 Å². The first-order chi connectivity index (χ1) is 7.19. The van der Waals surface area contributed by atoms with Gasteiger partial charge < -0.3 is 0 Å². The first kappa shape index (κ1) is 9.32. The van der Waals surface area contributed by atoms with E-state index in [0.717, 1.165) is 6.08 Å². The molecule has 0 aliphatic heterocycles. The normalized spacial score (nSPS) is 10.2. The van der Waals surface area contributed by atoms with E-state index in [1.165, 1.54) is 22.8 Å². The van der Waals surface area contributed by atoms with Crippen LogP contribution in [-0.4, -0.2) is 20.5 Å². The predicted octanol–water partition coefficient (Wildman–Crippen LogP) is 0.993. The molecule has 2 rings (SSSR count). The molecule has 76 valence electrons. The molecule has 1 N–H and O–H groups in total. The van der Waals surface area contributed by atoms with Gasteiger partial charge in [0.25, 0.3) is 0 Å². The Kier molecular flexibility index (Phi) is 2.17. The van der Waals surface area contributed by atoms with E-state index in [4.69, 9.17) is 0 Å². The molecule has 0 fully saturated rings. The Morgan fingerprint density at radius 2 is 2.40 bits per heavy atom. The van der Waals surface area contributed by atoms with Crippen molar-refractivity contribution >= 4 is 17.5 Å². The van der Waals surface area contributed by atoms with Gasteiger partial charge in [-0.25, -0.2) is 8.91 Å². The van der Waals surface area contributed by atoms with Gasteiger partial charge in [0.15, 0.2) is 5.65 Å². The van der Waals surface area contributed by atoms with E-state index in [9.17, 15) is 9.18 Å². The van der Waals surface area contributed by atoms with Crippen LogP contribution >= 0.6 is 0 Å². The topological polar surface area (TPSA) is 59.3 Å². The third-order valence-electron chi connectivity index (χ3n) is 1.72. The van der Waals surface area contributed by atoms with Gasteiger partial charge in [0.2, 0.25) is 11.9 Å². The van der Waals surface area contributed by atoms with Crippen LogP contribution in [0.1, 0.15) is 0 Å². The lowest BCUT2D eigenvalue weighted by molar-refractivity contribution is -0.111. The van der Waals surface area contributed by atoms with E-state index in [2.05, 4.69) is 22.0 Å². The molecule has 6 heteroatoms. The molecule has 0 aliphatic carbocycles. The van der Waals surface area contributed by atoms with Crippen LogP contribution in [-0.2, 0) is 4.79 Å². The van der Waals surface area contributed by atoms with Crippen LogP contribution in [0.5, 0.6) is 0 Å². The van der Waals surface area contributed by atoms with Crippen LogP contribution in [0.15, 0.2) is 31.0 Å². The van der Waals surface area contributed by atoms with Gasteiger partial charge in [-0.3, -0.25) is 10.1 Å². The van der Waals surface area contributed by atoms with Gasteiger partial charge in [-0.05, 0) is 18.2 Å². The highest BCUT2D eigenvalue weighted by Gasteiger charge is 2.05. The number of carbonyl (C=O) groups is 1. The summed E-state index contributed by atoms with van der Waals surface area (Å²) in [5.74, 6) is -0.717. The summed E-state index contributed by atoms with van der Waals surface area (Å²) in [5, 5.41) is 6.23. The van der Waals surface area contributed by atoms with Crippen LogP contribution in [0, 0.1) is 5.82 Å². The van der Waals surface area contributed by atoms with Crippen molar-refractivity contribution < 1.29 is 9.18 Å². The fourth-order valence-electron chi connectivity index (χ4n) is 1.07. The van der Waals surface area contributed by atoms with Gasteiger partial charge in [-0.15, -0.1) is 5.10 Å². The Labute approximate surface area is 84.2 Å². The number of rotatable bonds is 2. The van der Waals surface area contributed by atoms with Crippen LogP contribution in [0.3, 0.4) is 0 Å². The highest BCUT2D eigenvalue weighted by Crippen LogP contribution is 2.06. The Balaban J connectivity index is 2.38. The van der Waals surface area contributed by atoms with Crippen LogP contribution in [0.2, 0.25) is 0 Å². The summed E-state index contributed by atoms with van der Waals surface area (Å²) < 4.78 is 14.0. The monoisotopic (exact) mass is 206 g/mol. The van der Waals surface area contributed by atoms with Crippen LogP contribution in [0.4, 0.5) is 10.3 Å². The molecule has 2 aromatic rings. The highest BCUT2D eigenvalue weighted by atomic mass is 19.1. The second-order valence-corrected chi connectivity index (χ2v) is 2.78. The van der Waals surface area contributed by atoms with Gasteiger partial charge in [-0.1, -0.05) is 6.58 Å². The van der Waals surface area contributed by atoms with Crippen molar-refractivity contribution in [3.8, 4) is 0 Å². The summed E-state index contributed by atoms with van der Waals surface area (Å²) in [6.45, 7) is 3.29. The number of fused-ring (bicyclic) bond motifs is 1. The number of nitrogens with zero attached hydrogens (tertiary/aromatic N) is 3. The number of nitrogens with one attached hydrogen (secondary N) is 1. The molecule has 1 amide bonds. The minimum atomic E-state index is -0.422. The number of pyridine rings is 1. The second-order valence-electron chi connectivity index (χ2n) is 2.78. The van der Waals surface area contributed by atoms with Crippen molar-refractivity contribution in [1.29, 1.82) is 0 Å². The quantitative estimate of drug-likeness (QED) is 0.745. The van der Waals surface area contributed by atoms with Gasteiger partial charge in [-0.2, -0.15) is 4.98 Å². The van der Waals surface area contributed by atoms with E-state index in [1.54, 1.807) is 0 Å². The molecule has 0 saturated carbocycles. The molecule has 2 aromatic heterocycles. The molecular weight excluding hydrogens is 199 g/mol. The Morgan fingerprint density at radius 1 is 1.60 bits per heavy atom. The van der Waals surface area contributed by atoms with E-state index in [1.807, 2.05) is 0 Å². The molecule has 5 nitrogen and oxygen atoms in total. The largest absolute Gasteiger partial charge is 0.290 e. The molecule has 0 aromatic carbocycles. The Morgan fingerprint density at radius 3 is 3.13 bits per heavy atom. The first-order valence-electron chi connectivity index (χ1n) is 4.14. The van der Waals surface area contributed by atoms with Crippen molar-refractivity contribution in [2.45, 2.75) is 0 Å². The van der Waals surface area contributed by atoms with E-state index >= 15 is 0 Å². The maximum Gasteiger partial charge on any atom is 0.250 e. The minimum absolute atomic E-state index is 0.116. The number of carbonyl (C=O) groups excluding carboxylic acids is 1. The number of hydrogen-bond acceptors (Lipinski definition) is 3. The van der Waals surface area contributed by atoms with Gasteiger partial charge in [0.05, 0.1) is 6.20 Å². The fraction of sp³-hybridized carbons (Fsp3) is 0. The molecular formula is C9H7FN4O. The maximum atomic E-state index is 12.8. The number of anilines is 1. The van der Waals surface area contributed by atoms with Gasteiger partial charge >= 0.3 is 0 Å². The average molecular weight is 206 g/mol.